The third kappa shape index (κ3) is 7.78. The van der Waals surface area contributed by atoms with E-state index in [9.17, 15) is 28.8 Å². The summed E-state index contributed by atoms with van der Waals surface area (Å²) in [6.45, 7) is 3.96. The normalized spacial score (nSPS) is 25.0. The van der Waals surface area contributed by atoms with Crippen LogP contribution < -0.4 is 39.6 Å². The second kappa shape index (κ2) is 16.9. The molecule has 6 heterocycles. The first-order chi connectivity index (χ1) is 30.9. The summed E-state index contributed by atoms with van der Waals surface area (Å²) in [5.41, 5.74) is 1.80. The molecule has 6 aliphatic heterocycles. The van der Waals surface area contributed by atoms with Crippen molar-refractivity contribution in [2.75, 3.05) is 60.6 Å². The number of rotatable bonds is 15. The van der Waals surface area contributed by atoms with Crippen LogP contribution in [0.4, 0.5) is 0 Å². The summed E-state index contributed by atoms with van der Waals surface area (Å²) < 4.78 is 30.6. The highest BCUT2D eigenvalue weighted by atomic mass is 16.5. The minimum Gasteiger partial charge on any atom is -0.497 e. The Hall–Kier alpha value is -6.52. The summed E-state index contributed by atoms with van der Waals surface area (Å²) in [6, 6.07) is 14.9. The Bertz CT molecular complexity index is 2430. The van der Waals surface area contributed by atoms with Crippen molar-refractivity contribution in [1.82, 2.24) is 30.7 Å². The molecule has 0 bridgehead atoms. The lowest BCUT2D eigenvalue weighted by Gasteiger charge is -2.50. The molecule has 6 aliphatic rings. The fourth-order valence-corrected chi connectivity index (χ4v) is 10.4. The highest BCUT2D eigenvalue weighted by molar-refractivity contribution is 5.96. The molecule has 6 amide bonds. The molecule has 17 nitrogen and oxygen atoms in total. The topological polar surface area (TPSA) is 194 Å². The van der Waals surface area contributed by atoms with Crippen molar-refractivity contribution in [1.29, 1.82) is 0 Å². The van der Waals surface area contributed by atoms with E-state index in [0.717, 1.165) is 16.7 Å². The zero-order valence-corrected chi connectivity index (χ0v) is 36.5. The maximum atomic E-state index is 13.7. The maximum absolute atomic E-state index is 13.7. The molecule has 0 aromatic heterocycles. The molecule has 3 spiro atoms. The van der Waals surface area contributed by atoms with Gasteiger partial charge in [-0.25, -0.2) is 0 Å². The zero-order chi connectivity index (χ0) is 44.8. The van der Waals surface area contributed by atoms with Gasteiger partial charge in [0.25, 0.3) is 0 Å². The van der Waals surface area contributed by atoms with E-state index in [1.165, 1.54) is 0 Å². The summed E-state index contributed by atoms with van der Waals surface area (Å²) in [4.78, 5) is 82.0. The zero-order valence-electron chi connectivity index (χ0n) is 36.5. The molecule has 9 rings (SSSR count). The van der Waals surface area contributed by atoms with Crippen LogP contribution >= 0.6 is 0 Å². The number of β-lactam (4-membered cyclic amide) rings is 3. The van der Waals surface area contributed by atoms with E-state index in [-0.39, 0.29) is 74.5 Å². The summed E-state index contributed by atoms with van der Waals surface area (Å²) >= 11 is 0. The Labute approximate surface area is 371 Å². The summed E-state index contributed by atoms with van der Waals surface area (Å²) in [6.07, 6.45) is 2.43. The van der Waals surface area contributed by atoms with E-state index in [0.29, 0.717) is 111 Å². The highest BCUT2D eigenvalue weighted by Gasteiger charge is 2.56. The van der Waals surface area contributed by atoms with E-state index in [4.69, 9.17) is 23.7 Å². The predicted molar refractivity (Wildman–Crippen MR) is 228 cm³/mol. The quantitative estimate of drug-likeness (QED) is 0.190. The molecular weight excluding hydrogens is 825 g/mol. The molecular formula is C47H54N6O11. The van der Waals surface area contributed by atoms with E-state index >= 15 is 0 Å². The van der Waals surface area contributed by atoms with Crippen LogP contribution in [0.3, 0.4) is 0 Å². The lowest BCUT2D eigenvalue weighted by Crippen LogP contribution is -2.64. The van der Waals surface area contributed by atoms with Crippen LogP contribution in [0, 0.1) is 16.2 Å². The van der Waals surface area contributed by atoms with Gasteiger partial charge in [-0.1, -0.05) is 24.3 Å². The van der Waals surface area contributed by atoms with E-state index in [1.54, 1.807) is 42.1 Å². The SMILES string of the molecule is COc1ccc(CN2CC3(CCNC(=O)C3)C2=O)c(OCc2ccc(CN3CC4(CCNC(=O)C4)C3=O)c(OCc3ccc(CN4CC5(CCNC(=O)C5)C4=O)cc3OC)c2OC)c1. The molecule has 338 valence electrons. The lowest BCUT2D eigenvalue weighted by molar-refractivity contribution is -0.167. The monoisotopic (exact) mass is 878 g/mol. The Morgan fingerprint density at radius 3 is 1.52 bits per heavy atom. The van der Waals surface area contributed by atoms with Crippen LogP contribution in [0.15, 0.2) is 48.5 Å². The molecule has 0 aliphatic carbocycles. The van der Waals surface area contributed by atoms with Gasteiger partial charge in [0.15, 0.2) is 11.5 Å². The van der Waals surface area contributed by atoms with Gasteiger partial charge in [-0.15, -0.1) is 0 Å². The fourth-order valence-electron chi connectivity index (χ4n) is 10.4. The number of piperidine rings is 3. The first-order valence-electron chi connectivity index (χ1n) is 21.8. The number of hydrogen-bond donors (Lipinski definition) is 3. The van der Waals surface area contributed by atoms with Crippen molar-refractivity contribution in [2.24, 2.45) is 16.2 Å². The van der Waals surface area contributed by atoms with E-state index in [1.807, 2.05) is 42.5 Å². The first-order valence-corrected chi connectivity index (χ1v) is 21.8. The van der Waals surface area contributed by atoms with Crippen molar-refractivity contribution in [2.45, 2.75) is 71.4 Å². The summed E-state index contributed by atoms with van der Waals surface area (Å²) in [5.74, 6) is 2.06. The number of carbonyl (C=O) groups is 6. The molecule has 0 saturated carbocycles. The molecule has 3 unspecified atom stereocenters. The maximum Gasteiger partial charge on any atom is 0.231 e. The highest BCUT2D eigenvalue weighted by Crippen LogP contribution is 2.46. The van der Waals surface area contributed by atoms with Gasteiger partial charge in [-0.05, 0) is 43.0 Å². The molecule has 17 heteroatoms. The molecule has 3 atom stereocenters. The van der Waals surface area contributed by atoms with Crippen LogP contribution in [0.25, 0.3) is 0 Å². The number of amides is 6. The average molecular weight is 879 g/mol. The second-order valence-electron chi connectivity index (χ2n) is 18.1. The standard InChI is InChI=1S/C47H54N6O11/c1-60-34-9-8-30(22-52-27-46(43(52)58)11-14-49-38(55)19-46)36(17-34)63-25-33-7-6-31(23-53-28-47(44(53)59)12-15-50-39(56)20-47)41(40(33)62-3)64-24-32-5-4-29(16-35(32)61-2)21-51-26-45(42(51)57)10-13-48-37(54)18-45/h4-9,16-17H,10-15,18-28H2,1-3H3,(H,48,54)(H,49,55)(H,50,56). The van der Waals surface area contributed by atoms with Crippen LogP contribution in [-0.2, 0) is 61.6 Å². The van der Waals surface area contributed by atoms with Crippen molar-refractivity contribution >= 4 is 35.4 Å². The van der Waals surface area contributed by atoms with E-state index in [2.05, 4.69) is 16.0 Å². The molecule has 3 aromatic rings. The van der Waals surface area contributed by atoms with Gasteiger partial charge < -0.3 is 54.3 Å². The number of benzene rings is 3. The number of likely N-dealkylation sites (tertiary alicyclic amines) is 3. The van der Waals surface area contributed by atoms with Crippen LogP contribution in [0.5, 0.6) is 28.7 Å². The molecule has 6 fully saturated rings. The molecule has 3 aromatic carbocycles. The summed E-state index contributed by atoms with van der Waals surface area (Å²) in [5, 5.41) is 8.45. The van der Waals surface area contributed by atoms with Gasteiger partial charge >= 0.3 is 0 Å². The Morgan fingerprint density at radius 2 is 1.00 bits per heavy atom. The first kappa shape index (κ1) is 42.8. The van der Waals surface area contributed by atoms with Crippen LogP contribution in [0.2, 0.25) is 0 Å². The predicted octanol–water partition coefficient (Wildman–Crippen LogP) is 2.59. The number of nitrogens with zero attached hydrogens (tertiary/aromatic N) is 3. The van der Waals surface area contributed by atoms with Gasteiger partial charge in [-0.2, -0.15) is 0 Å². The third-order valence-corrected chi connectivity index (χ3v) is 13.9. The van der Waals surface area contributed by atoms with Crippen LogP contribution in [-0.4, -0.2) is 111 Å². The van der Waals surface area contributed by atoms with Gasteiger partial charge in [-0.3, -0.25) is 28.8 Å². The number of nitrogens with one attached hydrogen (secondary N) is 3. The molecule has 3 N–H and O–H groups in total. The fraction of sp³-hybridized carbons (Fsp3) is 0.489. The van der Waals surface area contributed by atoms with Crippen molar-refractivity contribution in [3.63, 3.8) is 0 Å². The number of methoxy groups -OCH3 is 3. The Balaban J connectivity index is 0.941. The van der Waals surface area contributed by atoms with Crippen LogP contribution in [0.1, 0.15) is 66.3 Å². The number of carbonyl (C=O) groups excluding carboxylic acids is 6. The largest absolute Gasteiger partial charge is 0.497 e. The van der Waals surface area contributed by atoms with Gasteiger partial charge in [0, 0.05) is 106 Å². The van der Waals surface area contributed by atoms with Crippen molar-refractivity contribution in [3.8, 4) is 28.7 Å². The summed E-state index contributed by atoms with van der Waals surface area (Å²) in [7, 11) is 4.69. The minimum absolute atomic E-state index is 0.00582. The molecule has 6 saturated heterocycles. The average Bonchev–Trinajstić information content (AvgIpc) is 3.30. The smallest absolute Gasteiger partial charge is 0.231 e. The third-order valence-electron chi connectivity index (χ3n) is 13.9. The van der Waals surface area contributed by atoms with Gasteiger partial charge in [0.1, 0.15) is 30.5 Å². The van der Waals surface area contributed by atoms with Gasteiger partial charge in [0.2, 0.25) is 35.4 Å². The second-order valence-corrected chi connectivity index (χ2v) is 18.1. The molecule has 0 radical (unpaired) electrons. The minimum atomic E-state index is -0.691. The Kier molecular flexibility index (Phi) is 11.3. The lowest BCUT2D eigenvalue weighted by atomic mass is 9.71. The molecule has 64 heavy (non-hydrogen) atoms. The Morgan fingerprint density at radius 1 is 0.500 bits per heavy atom. The van der Waals surface area contributed by atoms with Gasteiger partial charge in [0.05, 0.1) is 37.6 Å². The van der Waals surface area contributed by atoms with E-state index < -0.39 is 16.2 Å². The number of hydrogen-bond acceptors (Lipinski definition) is 11. The van der Waals surface area contributed by atoms with Crippen molar-refractivity contribution in [3.05, 3.63) is 76.3 Å². The van der Waals surface area contributed by atoms with Crippen molar-refractivity contribution < 1.29 is 52.5 Å². The number of ether oxygens (including phenoxy) is 5.